The Balaban J connectivity index is 1.66. The van der Waals surface area contributed by atoms with Gasteiger partial charge in [-0.1, -0.05) is 22.9 Å². The van der Waals surface area contributed by atoms with E-state index in [0.29, 0.717) is 17.5 Å². The molecule has 0 unspecified atom stereocenters. The lowest BCUT2D eigenvalue weighted by atomic mass is 10.1. The van der Waals surface area contributed by atoms with Crippen LogP contribution in [0, 0.1) is 17.0 Å². The first-order chi connectivity index (χ1) is 11.1. The molecule has 0 aliphatic rings. The summed E-state index contributed by atoms with van der Waals surface area (Å²) in [6.45, 7) is 2.10. The van der Waals surface area contributed by atoms with Gasteiger partial charge in [0, 0.05) is 17.7 Å². The van der Waals surface area contributed by atoms with Gasteiger partial charge in [0.15, 0.2) is 6.61 Å². The van der Waals surface area contributed by atoms with Crippen LogP contribution in [0.15, 0.2) is 53.1 Å². The average molecular weight is 311 g/mol. The van der Waals surface area contributed by atoms with E-state index >= 15 is 0 Å². The number of nitrogens with zero attached hydrogens (tertiary/aromatic N) is 3. The van der Waals surface area contributed by atoms with Crippen molar-refractivity contribution in [2.45, 2.75) is 13.5 Å². The molecule has 0 radical (unpaired) electrons. The average Bonchev–Trinajstić information content (AvgIpc) is 3.02. The molecular formula is C16H13N3O4. The molecule has 0 aliphatic carbocycles. The molecule has 23 heavy (non-hydrogen) atoms. The van der Waals surface area contributed by atoms with Gasteiger partial charge < -0.3 is 9.26 Å². The van der Waals surface area contributed by atoms with E-state index in [-0.39, 0.29) is 12.3 Å². The predicted octanol–water partition coefficient (Wildman–Crippen LogP) is 3.53. The normalized spacial score (nSPS) is 10.5. The van der Waals surface area contributed by atoms with Crippen LogP contribution in [0.4, 0.5) is 5.69 Å². The lowest BCUT2D eigenvalue weighted by molar-refractivity contribution is -0.384. The standard InChI is InChI=1S/C16H13N3O4/c1-11-3-2-4-12(9-11)16-17-15(18-23-16)10-22-14-7-5-13(6-8-14)19(20)21/h2-9H,10H2,1H3. The first-order valence-electron chi connectivity index (χ1n) is 6.89. The third-order valence-corrected chi connectivity index (χ3v) is 3.15. The van der Waals surface area contributed by atoms with Crippen molar-refractivity contribution >= 4 is 5.69 Å². The highest BCUT2D eigenvalue weighted by Crippen LogP contribution is 2.20. The Morgan fingerprint density at radius 1 is 1.22 bits per heavy atom. The fraction of sp³-hybridized carbons (Fsp3) is 0.125. The SMILES string of the molecule is Cc1cccc(-c2nc(COc3ccc([N+](=O)[O-])cc3)no2)c1. The van der Waals surface area contributed by atoms with Crippen LogP contribution in [0.1, 0.15) is 11.4 Å². The summed E-state index contributed by atoms with van der Waals surface area (Å²) < 4.78 is 10.7. The van der Waals surface area contributed by atoms with Gasteiger partial charge in [-0.25, -0.2) is 0 Å². The Labute approximate surface area is 131 Å². The van der Waals surface area contributed by atoms with Crippen molar-refractivity contribution in [3.63, 3.8) is 0 Å². The third-order valence-electron chi connectivity index (χ3n) is 3.15. The number of ether oxygens (including phenoxy) is 1. The van der Waals surface area contributed by atoms with Crippen LogP contribution >= 0.6 is 0 Å². The first kappa shape index (κ1) is 14.7. The summed E-state index contributed by atoms with van der Waals surface area (Å²) in [7, 11) is 0. The van der Waals surface area contributed by atoms with Crippen LogP contribution in [-0.2, 0) is 6.61 Å². The third kappa shape index (κ3) is 3.52. The molecule has 3 aromatic rings. The van der Waals surface area contributed by atoms with E-state index in [1.807, 2.05) is 31.2 Å². The predicted molar refractivity (Wildman–Crippen MR) is 81.9 cm³/mol. The summed E-state index contributed by atoms with van der Waals surface area (Å²) >= 11 is 0. The van der Waals surface area contributed by atoms with Crippen LogP contribution in [0.25, 0.3) is 11.5 Å². The number of rotatable bonds is 5. The maximum absolute atomic E-state index is 10.6. The van der Waals surface area contributed by atoms with E-state index in [4.69, 9.17) is 9.26 Å². The Kier molecular flexibility index (Phi) is 4.01. The molecule has 0 atom stereocenters. The number of aromatic nitrogens is 2. The molecule has 1 aromatic heterocycles. The number of aryl methyl sites for hydroxylation is 1. The molecule has 3 rings (SSSR count). The molecule has 1 heterocycles. The Morgan fingerprint density at radius 2 is 2.00 bits per heavy atom. The molecule has 7 nitrogen and oxygen atoms in total. The highest BCUT2D eigenvalue weighted by molar-refractivity contribution is 5.53. The van der Waals surface area contributed by atoms with Gasteiger partial charge in [0.25, 0.3) is 11.6 Å². The van der Waals surface area contributed by atoms with Crippen molar-refractivity contribution in [3.8, 4) is 17.2 Å². The number of nitro benzene ring substituents is 1. The summed E-state index contributed by atoms with van der Waals surface area (Å²) in [5, 5.41) is 14.4. The van der Waals surface area contributed by atoms with Gasteiger partial charge in [-0.05, 0) is 31.2 Å². The number of nitro groups is 1. The summed E-state index contributed by atoms with van der Waals surface area (Å²) in [4.78, 5) is 14.4. The number of hydrogen-bond donors (Lipinski definition) is 0. The molecule has 0 saturated carbocycles. The van der Waals surface area contributed by atoms with E-state index in [1.165, 1.54) is 24.3 Å². The lowest BCUT2D eigenvalue weighted by Crippen LogP contribution is -1.97. The van der Waals surface area contributed by atoms with Crippen LogP contribution in [0.2, 0.25) is 0 Å². The largest absolute Gasteiger partial charge is 0.485 e. The molecule has 0 bridgehead atoms. The van der Waals surface area contributed by atoms with Gasteiger partial charge in [0.2, 0.25) is 5.82 Å². The zero-order valence-electron chi connectivity index (χ0n) is 12.3. The molecular weight excluding hydrogens is 298 g/mol. The van der Waals surface area contributed by atoms with Crippen LogP contribution in [0.3, 0.4) is 0 Å². The minimum atomic E-state index is -0.461. The number of benzene rings is 2. The van der Waals surface area contributed by atoms with E-state index in [9.17, 15) is 10.1 Å². The molecule has 0 fully saturated rings. The second-order valence-corrected chi connectivity index (χ2v) is 4.92. The quantitative estimate of drug-likeness (QED) is 0.528. The van der Waals surface area contributed by atoms with Gasteiger partial charge in [-0.3, -0.25) is 10.1 Å². The van der Waals surface area contributed by atoms with E-state index < -0.39 is 4.92 Å². The highest BCUT2D eigenvalue weighted by Gasteiger charge is 2.10. The molecule has 0 aliphatic heterocycles. The molecule has 116 valence electrons. The zero-order chi connectivity index (χ0) is 16.2. The van der Waals surface area contributed by atoms with Crippen molar-refractivity contribution in [2.24, 2.45) is 0 Å². The summed E-state index contributed by atoms with van der Waals surface area (Å²) in [6.07, 6.45) is 0. The fourth-order valence-electron chi connectivity index (χ4n) is 2.02. The van der Waals surface area contributed by atoms with Gasteiger partial charge in [0.1, 0.15) is 5.75 Å². The topological polar surface area (TPSA) is 91.3 Å². The van der Waals surface area contributed by atoms with Gasteiger partial charge in [0.05, 0.1) is 4.92 Å². The minimum absolute atomic E-state index is 0.0126. The van der Waals surface area contributed by atoms with Crippen molar-refractivity contribution in [2.75, 3.05) is 0 Å². The van der Waals surface area contributed by atoms with Gasteiger partial charge in [-0.15, -0.1) is 0 Å². The molecule has 0 amide bonds. The van der Waals surface area contributed by atoms with Crippen molar-refractivity contribution in [3.05, 3.63) is 70.0 Å². The minimum Gasteiger partial charge on any atom is -0.485 e. The second-order valence-electron chi connectivity index (χ2n) is 4.92. The van der Waals surface area contributed by atoms with Crippen molar-refractivity contribution in [1.82, 2.24) is 10.1 Å². The molecule has 0 N–H and O–H groups in total. The van der Waals surface area contributed by atoms with Crippen LogP contribution < -0.4 is 4.74 Å². The van der Waals surface area contributed by atoms with Crippen molar-refractivity contribution in [1.29, 1.82) is 0 Å². The van der Waals surface area contributed by atoms with E-state index in [0.717, 1.165) is 11.1 Å². The smallest absolute Gasteiger partial charge is 0.269 e. The summed E-state index contributed by atoms with van der Waals surface area (Å²) in [6, 6.07) is 13.6. The maximum Gasteiger partial charge on any atom is 0.269 e. The van der Waals surface area contributed by atoms with Gasteiger partial charge >= 0.3 is 0 Å². The maximum atomic E-state index is 10.6. The fourth-order valence-corrected chi connectivity index (χ4v) is 2.02. The Hall–Kier alpha value is -3.22. The second kappa shape index (κ2) is 6.27. The molecule has 0 spiro atoms. The Morgan fingerprint density at radius 3 is 2.70 bits per heavy atom. The molecule has 2 aromatic carbocycles. The molecule has 0 saturated heterocycles. The molecule has 7 heteroatoms. The number of hydrogen-bond acceptors (Lipinski definition) is 6. The highest BCUT2D eigenvalue weighted by atomic mass is 16.6. The summed E-state index contributed by atoms with van der Waals surface area (Å²) in [5.74, 6) is 1.33. The zero-order valence-corrected chi connectivity index (χ0v) is 12.3. The summed E-state index contributed by atoms with van der Waals surface area (Å²) in [5.41, 5.74) is 1.96. The van der Waals surface area contributed by atoms with Gasteiger partial charge in [-0.2, -0.15) is 4.98 Å². The van der Waals surface area contributed by atoms with E-state index in [2.05, 4.69) is 10.1 Å². The first-order valence-corrected chi connectivity index (χ1v) is 6.89. The Bertz CT molecular complexity index is 827. The number of non-ortho nitro benzene ring substituents is 1. The lowest BCUT2D eigenvalue weighted by Gasteiger charge is -2.02. The van der Waals surface area contributed by atoms with E-state index in [1.54, 1.807) is 0 Å². The van der Waals surface area contributed by atoms with Crippen molar-refractivity contribution < 1.29 is 14.2 Å². The monoisotopic (exact) mass is 311 g/mol. The van der Waals surface area contributed by atoms with Crippen LogP contribution in [-0.4, -0.2) is 15.1 Å². The van der Waals surface area contributed by atoms with Crippen LogP contribution in [0.5, 0.6) is 5.75 Å².